The molecule has 100 valence electrons. The Bertz CT molecular complexity index is 228. The highest BCUT2D eigenvalue weighted by atomic mass is 16.1. The van der Waals surface area contributed by atoms with Gasteiger partial charge in [-0.3, -0.25) is 4.79 Å². The number of rotatable bonds is 6. The number of carbonyl (C=O) groups excluding carboxylic acids is 1. The fourth-order valence-corrected chi connectivity index (χ4v) is 2.87. The molecule has 1 amide bonds. The summed E-state index contributed by atoms with van der Waals surface area (Å²) in [7, 11) is 0. The number of amides is 1. The van der Waals surface area contributed by atoms with Crippen LogP contribution in [0.4, 0.5) is 0 Å². The van der Waals surface area contributed by atoms with Crippen molar-refractivity contribution in [3.8, 4) is 0 Å². The SMILES string of the molecule is CCNC(=O)CCNC1CCCCC1C(C)C. The van der Waals surface area contributed by atoms with Gasteiger partial charge in [0.05, 0.1) is 0 Å². The molecule has 0 aromatic heterocycles. The predicted octanol–water partition coefficient (Wildman–Crippen LogP) is 2.32. The fraction of sp³-hybridized carbons (Fsp3) is 0.929. The van der Waals surface area contributed by atoms with Crippen molar-refractivity contribution in [2.24, 2.45) is 11.8 Å². The maximum Gasteiger partial charge on any atom is 0.221 e. The molecular weight excluding hydrogens is 212 g/mol. The first-order valence-electron chi connectivity index (χ1n) is 7.15. The maximum atomic E-state index is 11.3. The molecule has 0 spiro atoms. The Balaban J connectivity index is 2.26. The predicted molar refractivity (Wildman–Crippen MR) is 71.9 cm³/mol. The van der Waals surface area contributed by atoms with E-state index in [-0.39, 0.29) is 5.91 Å². The van der Waals surface area contributed by atoms with Crippen molar-refractivity contribution >= 4 is 5.91 Å². The molecule has 2 N–H and O–H groups in total. The third kappa shape index (κ3) is 5.07. The number of carbonyl (C=O) groups is 1. The summed E-state index contributed by atoms with van der Waals surface area (Å²) in [5, 5.41) is 6.42. The molecule has 2 unspecified atom stereocenters. The fourth-order valence-electron chi connectivity index (χ4n) is 2.87. The van der Waals surface area contributed by atoms with Crippen molar-refractivity contribution in [3.63, 3.8) is 0 Å². The van der Waals surface area contributed by atoms with Crippen LogP contribution in [0.25, 0.3) is 0 Å². The Morgan fingerprint density at radius 3 is 2.65 bits per heavy atom. The molecule has 3 heteroatoms. The summed E-state index contributed by atoms with van der Waals surface area (Å²) in [6.07, 6.45) is 5.93. The maximum absolute atomic E-state index is 11.3. The van der Waals surface area contributed by atoms with E-state index in [1.807, 2.05) is 6.92 Å². The lowest BCUT2D eigenvalue weighted by Gasteiger charge is -2.35. The van der Waals surface area contributed by atoms with Gasteiger partial charge in [-0.05, 0) is 31.6 Å². The van der Waals surface area contributed by atoms with Gasteiger partial charge in [-0.1, -0.05) is 26.7 Å². The average molecular weight is 240 g/mol. The highest BCUT2D eigenvalue weighted by Gasteiger charge is 2.26. The van der Waals surface area contributed by atoms with E-state index in [0.29, 0.717) is 12.5 Å². The van der Waals surface area contributed by atoms with E-state index in [2.05, 4.69) is 24.5 Å². The van der Waals surface area contributed by atoms with Gasteiger partial charge in [0, 0.05) is 25.6 Å². The van der Waals surface area contributed by atoms with Crippen LogP contribution in [-0.4, -0.2) is 25.0 Å². The van der Waals surface area contributed by atoms with Crippen molar-refractivity contribution in [3.05, 3.63) is 0 Å². The zero-order valence-corrected chi connectivity index (χ0v) is 11.6. The lowest BCUT2D eigenvalue weighted by atomic mass is 9.78. The molecule has 1 rings (SSSR count). The highest BCUT2D eigenvalue weighted by molar-refractivity contribution is 5.75. The molecule has 1 fully saturated rings. The Morgan fingerprint density at radius 1 is 1.29 bits per heavy atom. The third-order valence-electron chi connectivity index (χ3n) is 3.81. The van der Waals surface area contributed by atoms with Gasteiger partial charge in [-0.15, -0.1) is 0 Å². The van der Waals surface area contributed by atoms with Crippen LogP contribution in [0.5, 0.6) is 0 Å². The standard InChI is InChI=1S/C14H28N2O/c1-4-15-14(17)9-10-16-13-8-6-5-7-12(13)11(2)3/h11-13,16H,4-10H2,1-3H3,(H,15,17). The van der Waals surface area contributed by atoms with Crippen LogP contribution >= 0.6 is 0 Å². The van der Waals surface area contributed by atoms with Crippen LogP contribution in [0, 0.1) is 11.8 Å². The zero-order chi connectivity index (χ0) is 12.7. The second-order valence-corrected chi connectivity index (χ2v) is 5.46. The lowest BCUT2D eigenvalue weighted by molar-refractivity contribution is -0.120. The molecule has 17 heavy (non-hydrogen) atoms. The Hall–Kier alpha value is -0.570. The molecule has 0 aromatic rings. The van der Waals surface area contributed by atoms with E-state index in [0.717, 1.165) is 24.9 Å². The van der Waals surface area contributed by atoms with Crippen molar-refractivity contribution in [2.75, 3.05) is 13.1 Å². The number of nitrogens with one attached hydrogen (secondary N) is 2. The van der Waals surface area contributed by atoms with Crippen molar-refractivity contribution in [1.29, 1.82) is 0 Å². The summed E-state index contributed by atoms with van der Waals surface area (Å²) in [4.78, 5) is 11.3. The minimum atomic E-state index is 0.164. The molecule has 0 aromatic carbocycles. The lowest BCUT2D eigenvalue weighted by Crippen LogP contribution is -2.42. The summed E-state index contributed by atoms with van der Waals surface area (Å²) >= 11 is 0. The highest BCUT2D eigenvalue weighted by Crippen LogP contribution is 2.30. The Kier molecular flexibility index (Phi) is 6.56. The monoisotopic (exact) mass is 240 g/mol. The molecule has 0 saturated heterocycles. The third-order valence-corrected chi connectivity index (χ3v) is 3.81. The van der Waals surface area contributed by atoms with Gasteiger partial charge in [0.2, 0.25) is 5.91 Å². The summed E-state index contributed by atoms with van der Waals surface area (Å²) in [6, 6.07) is 0.623. The van der Waals surface area contributed by atoms with Gasteiger partial charge in [0.25, 0.3) is 0 Å². The smallest absolute Gasteiger partial charge is 0.221 e. The average Bonchev–Trinajstić information content (AvgIpc) is 2.30. The van der Waals surface area contributed by atoms with Crippen molar-refractivity contribution < 1.29 is 4.79 Å². The van der Waals surface area contributed by atoms with E-state index in [1.165, 1.54) is 25.7 Å². The minimum Gasteiger partial charge on any atom is -0.356 e. The molecule has 3 nitrogen and oxygen atoms in total. The summed E-state index contributed by atoms with van der Waals surface area (Å²) in [5.41, 5.74) is 0. The van der Waals surface area contributed by atoms with E-state index in [9.17, 15) is 4.79 Å². The minimum absolute atomic E-state index is 0.164. The first-order chi connectivity index (χ1) is 8.15. The second kappa shape index (κ2) is 7.70. The van der Waals surface area contributed by atoms with Gasteiger partial charge < -0.3 is 10.6 Å². The molecule has 0 radical (unpaired) electrons. The Morgan fingerprint density at radius 2 is 2.00 bits per heavy atom. The molecule has 2 atom stereocenters. The van der Waals surface area contributed by atoms with Crippen LogP contribution in [-0.2, 0) is 4.79 Å². The van der Waals surface area contributed by atoms with E-state index >= 15 is 0 Å². The van der Waals surface area contributed by atoms with E-state index < -0.39 is 0 Å². The zero-order valence-electron chi connectivity index (χ0n) is 11.6. The van der Waals surface area contributed by atoms with Gasteiger partial charge in [0.1, 0.15) is 0 Å². The van der Waals surface area contributed by atoms with E-state index in [1.54, 1.807) is 0 Å². The largest absolute Gasteiger partial charge is 0.356 e. The summed E-state index contributed by atoms with van der Waals surface area (Å²) in [6.45, 7) is 8.14. The van der Waals surface area contributed by atoms with Crippen LogP contribution in [0.15, 0.2) is 0 Å². The Labute approximate surface area is 106 Å². The topological polar surface area (TPSA) is 41.1 Å². The van der Waals surface area contributed by atoms with Gasteiger partial charge >= 0.3 is 0 Å². The van der Waals surface area contributed by atoms with Crippen molar-refractivity contribution in [2.45, 2.75) is 58.9 Å². The van der Waals surface area contributed by atoms with Gasteiger partial charge in [0.15, 0.2) is 0 Å². The molecule has 0 aliphatic heterocycles. The van der Waals surface area contributed by atoms with Crippen LogP contribution in [0.1, 0.15) is 52.9 Å². The summed E-state index contributed by atoms with van der Waals surface area (Å²) < 4.78 is 0. The van der Waals surface area contributed by atoms with Gasteiger partial charge in [-0.25, -0.2) is 0 Å². The quantitative estimate of drug-likeness (QED) is 0.748. The molecule has 1 aliphatic carbocycles. The van der Waals surface area contributed by atoms with Crippen LogP contribution < -0.4 is 10.6 Å². The van der Waals surface area contributed by atoms with Crippen molar-refractivity contribution in [1.82, 2.24) is 10.6 Å². The molecule has 1 saturated carbocycles. The first kappa shape index (κ1) is 14.5. The normalized spacial score (nSPS) is 24.9. The number of hydrogen-bond acceptors (Lipinski definition) is 2. The molecule has 0 bridgehead atoms. The first-order valence-corrected chi connectivity index (χ1v) is 7.15. The van der Waals surface area contributed by atoms with Crippen LogP contribution in [0.3, 0.4) is 0 Å². The second-order valence-electron chi connectivity index (χ2n) is 5.46. The van der Waals surface area contributed by atoms with Crippen LogP contribution in [0.2, 0.25) is 0 Å². The van der Waals surface area contributed by atoms with E-state index in [4.69, 9.17) is 0 Å². The number of hydrogen-bond donors (Lipinski definition) is 2. The molecular formula is C14H28N2O. The molecule has 0 heterocycles. The molecule has 1 aliphatic rings. The van der Waals surface area contributed by atoms with Gasteiger partial charge in [-0.2, -0.15) is 0 Å². The summed E-state index contributed by atoms with van der Waals surface area (Å²) in [5.74, 6) is 1.70.